The van der Waals surface area contributed by atoms with Gasteiger partial charge in [0.05, 0.1) is 25.7 Å². The number of ether oxygens (including phenoxy) is 2. The molecule has 0 aromatic carbocycles. The summed E-state index contributed by atoms with van der Waals surface area (Å²) in [5.41, 5.74) is 0. The van der Waals surface area contributed by atoms with Crippen molar-refractivity contribution in [1.82, 2.24) is 4.90 Å². The summed E-state index contributed by atoms with van der Waals surface area (Å²) < 4.78 is 10.8. The van der Waals surface area contributed by atoms with Crippen molar-refractivity contribution in [2.75, 3.05) is 39.5 Å². The first-order valence-electron chi connectivity index (χ1n) is 6.84. The minimum absolute atomic E-state index is 0.0226. The summed E-state index contributed by atoms with van der Waals surface area (Å²) in [5.74, 6) is -0.584. The van der Waals surface area contributed by atoms with Gasteiger partial charge in [-0.2, -0.15) is 0 Å². The van der Waals surface area contributed by atoms with Gasteiger partial charge in [-0.3, -0.25) is 9.69 Å². The van der Waals surface area contributed by atoms with Crippen LogP contribution in [0.1, 0.15) is 19.8 Å². The lowest BCUT2D eigenvalue weighted by atomic mass is 9.97. The number of rotatable bonds is 5. The van der Waals surface area contributed by atoms with Crippen LogP contribution in [0.5, 0.6) is 0 Å². The van der Waals surface area contributed by atoms with Gasteiger partial charge < -0.3 is 14.6 Å². The SMILES string of the molecule is CCN(CC1CCCOC1)C1COCC1C(=O)O. The molecule has 2 rings (SSSR count). The second kappa shape index (κ2) is 6.50. The number of aliphatic carboxylic acids is 1. The normalized spacial score (nSPS) is 32.9. The Morgan fingerprint density at radius 1 is 1.33 bits per heavy atom. The molecule has 2 aliphatic heterocycles. The smallest absolute Gasteiger partial charge is 0.310 e. The number of nitrogens with zero attached hydrogens (tertiary/aromatic N) is 1. The standard InChI is InChI=1S/C13H23NO4/c1-2-14(6-10-4-3-5-17-7-10)12-9-18-8-11(12)13(15)16/h10-12H,2-9H2,1H3,(H,15,16). The Labute approximate surface area is 108 Å². The van der Waals surface area contributed by atoms with E-state index in [1.165, 1.54) is 6.42 Å². The highest BCUT2D eigenvalue weighted by molar-refractivity contribution is 5.71. The number of carboxylic acids is 1. The van der Waals surface area contributed by atoms with E-state index in [-0.39, 0.29) is 12.0 Å². The average molecular weight is 257 g/mol. The van der Waals surface area contributed by atoms with Gasteiger partial charge >= 0.3 is 5.97 Å². The van der Waals surface area contributed by atoms with E-state index in [9.17, 15) is 9.90 Å². The Kier molecular flexibility index (Phi) is 4.97. The Bertz CT molecular complexity index is 278. The fourth-order valence-corrected chi connectivity index (χ4v) is 2.92. The fraction of sp³-hybridized carbons (Fsp3) is 0.923. The summed E-state index contributed by atoms with van der Waals surface area (Å²) in [4.78, 5) is 13.4. The predicted octanol–water partition coefficient (Wildman–Crippen LogP) is 0.835. The van der Waals surface area contributed by atoms with E-state index < -0.39 is 5.97 Å². The number of carbonyl (C=O) groups is 1. The Hall–Kier alpha value is -0.650. The summed E-state index contributed by atoms with van der Waals surface area (Å²) in [7, 11) is 0. The van der Waals surface area contributed by atoms with Gasteiger partial charge in [-0.25, -0.2) is 0 Å². The van der Waals surface area contributed by atoms with Gasteiger partial charge in [0.15, 0.2) is 0 Å². The van der Waals surface area contributed by atoms with Crippen LogP contribution in [0.15, 0.2) is 0 Å². The molecule has 2 aliphatic rings. The van der Waals surface area contributed by atoms with Crippen molar-refractivity contribution in [2.45, 2.75) is 25.8 Å². The summed E-state index contributed by atoms with van der Waals surface area (Å²) in [6, 6.07) is 0.0226. The molecule has 5 heteroatoms. The quantitative estimate of drug-likeness (QED) is 0.790. The molecule has 1 N–H and O–H groups in total. The number of likely N-dealkylation sites (N-methyl/N-ethyl adjacent to an activating group) is 1. The van der Waals surface area contributed by atoms with Crippen LogP contribution in [0.25, 0.3) is 0 Å². The molecule has 18 heavy (non-hydrogen) atoms. The second-order valence-electron chi connectivity index (χ2n) is 5.22. The van der Waals surface area contributed by atoms with Crippen molar-refractivity contribution in [3.63, 3.8) is 0 Å². The van der Waals surface area contributed by atoms with Gasteiger partial charge in [-0.1, -0.05) is 6.92 Å². The molecule has 3 unspecified atom stereocenters. The van der Waals surface area contributed by atoms with E-state index in [1.807, 2.05) is 0 Å². The topological polar surface area (TPSA) is 59.0 Å². The van der Waals surface area contributed by atoms with E-state index in [0.29, 0.717) is 19.1 Å². The van der Waals surface area contributed by atoms with E-state index in [4.69, 9.17) is 9.47 Å². The molecule has 5 nitrogen and oxygen atoms in total. The monoisotopic (exact) mass is 257 g/mol. The molecule has 0 amide bonds. The second-order valence-corrected chi connectivity index (χ2v) is 5.22. The number of carboxylic acid groups (broad SMARTS) is 1. The van der Waals surface area contributed by atoms with Gasteiger partial charge in [-0.05, 0) is 25.3 Å². The minimum Gasteiger partial charge on any atom is -0.481 e. The number of hydrogen-bond donors (Lipinski definition) is 1. The third-order valence-electron chi connectivity index (χ3n) is 3.99. The Morgan fingerprint density at radius 2 is 2.17 bits per heavy atom. The first kappa shape index (κ1) is 13.8. The lowest BCUT2D eigenvalue weighted by Gasteiger charge is -2.33. The van der Waals surface area contributed by atoms with Crippen molar-refractivity contribution in [3.05, 3.63) is 0 Å². The maximum atomic E-state index is 11.2. The van der Waals surface area contributed by atoms with Crippen LogP contribution in [-0.2, 0) is 14.3 Å². The maximum absolute atomic E-state index is 11.2. The lowest BCUT2D eigenvalue weighted by molar-refractivity contribution is -0.143. The maximum Gasteiger partial charge on any atom is 0.310 e. The first-order valence-corrected chi connectivity index (χ1v) is 6.84. The van der Waals surface area contributed by atoms with Crippen LogP contribution in [-0.4, -0.2) is 61.5 Å². The van der Waals surface area contributed by atoms with Gasteiger partial charge in [-0.15, -0.1) is 0 Å². The molecule has 2 saturated heterocycles. The van der Waals surface area contributed by atoms with Crippen molar-refractivity contribution >= 4 is 5.97 Å². The summed E-state index contributed by atoms with van der Waals surface area (Å²) in [6.07, 6.45) is 2.30. The van der Waals surface area contributed by atoms with Crippen molar-refractivity contribution < 1.29 is 19.4 Å². The summed E-state index contributed by atoms with van der Waals surface area (Å²) in [5, 5.41) is 9.20. The van der Waals surface area contributed by atoms with Crippen molar-refractivity contribution in [3.8, 4) is 0 Å². The lowest BCUT2D eigenvalue weighted by Crippen LogP contribution is -2.46. The fourth-order valence-electron chi connectivity index (χ4n) is 2.92. The van der Waals surface area contributed by atoms with E-state index >= 15 is 0 Å². The van der Waals surface area contributed by atoms with E-state index in [2.05, 4.69) is 11.8 Å². The third-order valence-corrected chi connectivity index (χ3v) is 3.99. The average Bonchev–Trinajstić information content (AvgIpc) is 2.86. The van der Waals surface area contributed by atoms with E-state index in [1.54, 1.807) is 0 Å². The number of hydrogen-bond acceptors (Lipinski definition) is 4. The molecule has 0 saturated carbocycles. The van der Waals surface area contributed by atoms with Crippen LogP contribution in [0.2, 0.25) is 0 Å². The highest BCUT2D eigenvalue weighted by Gasteiger charge is 2.38. The minimum atomic E-state index is -0.740. The van der Waals surface area contributed by atoms with Crippen LogP contribution < -0.4 is 0 Å². The zero-order valence-electron chi connectivity index (χ0n) is 11.0. The van der Waals surface area contributed by atoms with Gasteiger partial charge in [0.1, 0.15) is 0 Å². The predicted molar refractivity (Wildman–Crippen MR) is 66.5 cm³/mol. The van der Waals surface area contributed by atoms with Crippen molar-refractivity contribution in [2.24, 2.45) is 11.8 Å². The van der Waals surface area contributed by atoms with Gasteiger partial charge in [0.2, 0.25) is 0 Å². The molecular formula is C13H23NO4. The molecule has 0 bridgehead atoms. The highest BCUT2D eigenvalue weighted by Crippen LogP contribution is 2.23. The molecule has 0 spiro atoms. The van der Waals surface area contributed by atoms with Crippen LogP contribution in [0, 0.1) is 11.8 Å². The molecule has 3 atom stereocenters. The van der Waals surface area contributed by atoms with Crippen LogP contribution in [0.3, 0.4) is 0 Å². The molecular weight excluding hydrogens is 234 g/mol. The molecule has 0 radical (unpaired) electrons. The highest BCUT2D eigenvalue weighted by atomic mass is 16.5. The molecule has 104 valence electrons. The zero-order valence-corrected chi connectivity index (χ0v) is 11.0. The summed E-state index contributed by atoms with van der Waals surface area (Å²) >= 11 is 0. The van der Waals surface area contributed by atoms with Crippen LogP contribution >= 0.6 is 0 Å². The van der Waals surface area contributed by atoms with E-state index in [0.717, 1.165) is 32.7 Å². The summed E-state index contributed by atoms with van der Waals surface area (Å²) in [6.45, 7) is 6.44. The Balaban J connectivity index is 1.92. The zero-order chi connectivity index (χ0) is 13.0. The first-order chi connectivity index (χ1) is 8.72. The Morgan fingerprint density at radius 3 is 2.78 bits per heavy atom. The molecule has 2 heterocycles. The van der Waals surface area contributed by atoms with Crippen LogP contribution in [0.4, 0.5) is 0 Å². The largest absolute Gasteiger partial charge is 0.481 e. The van der Waals surface area contributed by atoms with Gasteiger partial charge in [0.25, 0.3) is 0 Å². The molecule has 0 aliphatic carbocycles. The van der Waals surface area contributed by atoms with Crippen molar-refractivity contribution in [1.29, 1.82) is 0 Å². The molecule has 2 fully saturated rings. The molecule has 0 aromatic rings. The third kappa shape index (κ3) is 3.22. The molecule has 0 aromatic heterocycles. The van der Waals surface area contributed by atoms with Gasteiger partial charge in [0, 0.05) is 19.2 Å².